The van der Waals surface area contributed by atoms with Gasteiger partial charge < -0.3 is 11.1 Å². The third kappa shape index (κ3) is 4.98. The number of rotatable bonds is 6. The first-order chi connectivity index (χ1) is 7.24. The fourth-order valence-electron chi connectivity index (χ4n) is 1.28. The second-order valence-electron chi connectivity index (χ2n) is 3.42. The van der Waals surface area contributed by atoms with Crippen LogP contribution in [0.1, 0.15) is 18.4 Å². The van der Waals surface area contributed by atoms with E-state index < -0.39 is 0 Å². The molecule has 0 fully saturated rings. The third-order valence-electron chi connectivity index (χ3n) is 2.12. The summed E-state index contributed by atoms with van der Waals surface area (Å²) < 4.78 is 0.941. The van der Waals surface area contributed by atoms with Crippen LogP contribution in [-0.4, -0.2) is 13.1 Å². The highest BCUT2D eigenvalue weighted by molar-refractivity contribution is 9.10. The molecule has 2 nitrogen and oxygen atoms in total. The molecule has 1 aromatic carbocycles. The monoisotopic (exact) mass is 290 g/mol. The summed E-state index contributed by atoms with van der Waals surface area (Å²) >= 11 is 9.35. The predicted molar refractivity (Wildman–Crippen MR) is 69.1 cm³/mol. The van der Waals surface area contributed by atoms with Crippen molar-refractivity contribution in [3.05, 3.63) is 33.3 Å². The zero-order valence-electron chi connectivity index (χ0n) is 8.60. The van der Waals surface area contributed by atoms with Crippen LogP contribution in [0.15, 0.2) is 22.7 Å². The molecule has 0 aromatic heterocycles. The zero-order chi connectivity index (χ0) is 11.1. The summed E-state index contributed by atoms with van der Waals surface area (Å²) in [5.41, 5.74) is 6.61. The molecule has 0 radical (unpaired) electrons. The summed E-state index contributed by atoms with van der Waals surface area (Å²) in [4.78, 5) is 0. The summed E-state index contributed by atoms with van der Waals surface area (Å²) in [6.45, 7) is 2.63. The van der Waals surface area contributed by atoms with Gasteiger partial charge in [0, 0.05) is 11.0 Å². The highest BCUT2D eigenvalue weighted by atomic mass is 79.9. The maximum Gasteiger partial charge on any atom is 0.0551 e. The molecule has 84 valence electrons. The first-order valence-electron chi connectivity index (χ1n) is 5.08. The average molecular weight is 292 g/mol. The topological polar surface area (TPSA) is 38.0 Å². The highest BCUT2D eigenvalue weighted by Gasteiger charge is 1.98. The molecule has 15 heavy (non-hydrogen) atoms. The lowest BCUT2D eigenvalue weighted by Crippen LogP contribution is -2.15. The van der Waals surface area contributed by atoms with Crippen LogP contribution in [-0.2, 0) is 6.54 Å². The van der Waals surface area contributed by atoms with E-state index >= 15 is 0 Å². The number of hydrogen-bond acceptors (Lipinski definition) is 2. The summed E-state index contributed by atoms with van der Waals surface area (Å²) in [6.07, 6.45) is 2.20. The first-order valence-corrected chi connectivity index (χ1v) is 6.26. The van der Waals surface area contributed by atoms with Crippen molar-refractivity contribution in [2.45, 2.75) is 19.4 Å². The van der Waals surface area contributed by atoms with Crippen LogP contribution in [0.5, 0.6) is 0 Å². The molecule has 0 heterocycles. The summed E-state index contributed by atoms with van der Waals surface area (Å²) in [7, 11) is 0. The molecular weight excluding hydrogens is 275 g/mol. The number of hydrogen-bond donors (Lipinski definition) is 2. The number of unbranched alkanes of at least 4 members (excludes halogenated alkanes) is 1. The fourth-order valence-corrected chi connectivity index (χ4v) is 1.73. The van der Waals surface area contributed by atoms with Crippen LogP contribution < -0.4 is 11.1 Å². The standard InChI is InChI=1S/C11H16BrClN2/c12-10-4-3-9(7-11(10)13)8-15-6-2-1-5-14/h3-4,7,15H,1-2,5-6,8,14H2. The Morgan fingerprint density at radius 2 is 2.13 bits per heavy atom. The lowest BCUT2D eigenvalue weighted by Gasteiger charge is -2.05. The Balaban J connectivity index is 2.28. The van der Waals surface area contributed by atoms with E-state index in [9.17, 15) is 0 Å². The van der Waals surface area contributed by atoms with Crippen molar-refractivity contribution in [2.24, 2.45) is 5.73 Å². The van der Waals surface area contributed by atoms with E-state index in [-0.39, 0.29) is 0 Å². The second-order valence-corrected chi connectivity index (χ2v) is 4.68. The molecule has 1 aromatic rings. The average Bonchev–Trinajstić information content (AvgIpc) is 2.23. The predicted octanol–water partition coefficient (Wildman–Crippen LogP) is 2.93. The maximum absolute atomic E-state index is 5.99. The Morgan fingerprint density at radius 3 is 2.80 bits per heavy atom. The summed E-state index contributed by atoms with van der Waals surface area (Å²) in [5, 5.41) is 4.11. The van der Waals surface area contributed by atoms with Gasteiger partial charge >= 0.3 is 0 Å². The highest BCUT2D eigenvalue weighted by Crippen LogP contribution is 2.22. The largest absolute Gasteiger partial charge is 0.330 e. The van der Waals surface area contributed by atoms with E-state index in [4.69, 9.17) is 17.3 Å². The molecule has 0 saturated carbocycles. The van der Waals surface area contributed by atoms with Crippen molar-refractivity contribution in [2.75, 3.05) is 13.1 Å². The van der Waals surface area contributed by atoms with Gasteiger partial charge in [0.25, 0.3) is 0 Å². The molecule has 0 atom stereocenters. The van der Waals surface area contributed by atoms with Gasteiger partial charge in [-0.15, -0.1) is 0 Å². The molecule has 0 saturated heterocycles. The lowest BCUT2D eigenvalue weighted by molar-refractivity contribution is 0.627. The molecule has 0 aliphatic heterocycles. The van der Waals surface area contributed by atoms with E-state index in [1.165, 1.54) is 5.56 Å². The minimum absolute atomic E-state index is 0.760. The Morgan fingerprint density at radius 1 is 1.33 bits per heavy atom. The van der Waals surface area contributed by atoms with Gasteiger partial charge in [-0.3, -0.25) is 0 Å². The van der Waals surface area contributed by atoms with Gasteiger partial charge in [-0.25, -0.2) is 0 Å². The molecule has 4 heteroatoms. The Bertz CT molecular complexity index is 305. The lowest BCUT2D eigenvalue weighted by atomic mass is 10.2. The van der Waals surface area contributed by atoms with Gasteiger partial charge in [0.2, 0.25) is 0 Å². The van der Waals surface area contributed by atoms with Gasteiger partial charge in [-0.2, -0.15) is 0 Å². The van der Waals surface area contributed by atoms with Gasteiger partial charge in [0.1, 0.15) is 0 Å². The summed E-state index contributed by atoms with van der Waals surface area (Å²) in [5.74, 6) is 0. The third-order valence-corrected chi connectivity index (χ3v) is 3.35. The van der Waals surface area contributed by atoms with Gasteiger partial charge in [0.05, 0.1) is 5.02 Å². The minimum atomic E-state index is 0.760. The Kier molecular flexibility index (Phi) is 6.25. The Labute approximate surface area is 104 Å². The number of nitrogens with one attached hydrogen (secondary N) is 1. The fraction of sp³-hybridized carbons (Fsp3) is 0.455. The van der Waals surface area contributed by atoms with Crippen LogP contribution in [0, 0.1) is 0 Å². The van der Waals surface area contributed by atoms with Crippen LogP contribution in [0.2, 0.25) is 5.02 Å². The quantitative estimate of drug-likeness (QED) is 0.791. The molecule has 0 amide bonds. The number of benzene rings is 1. The molecule has 0 aliphatic rings. The SMILES string of the molecule is NCCCCNCc1ccc(Br)c(Cl)c1. The normalized spacial score (nSPS) is 10.6. The molecule has 0 bridgehead atoms. The van der Waals surface area contributed by atoms with Crippen LogP contribution >= 0.6 is 27.5 Å². The van der Waals surface area contributed by atoms with Crippen molar-refractivity contribution in [1.29, 1.82) is 0 Å². The van der Waals surface area contributed by atoms with Gasteiger partial charge in [-0.05, 0) is 59.6 Å². The Hall–Kier alpha value is -0.0900. The molecule has 1 rings (SSSR count). The molecule has 0 unspecified atom stereocenters. The zero-order valence-corrected chi connectivity index (χ0v) is 10.9. The molecule has 3 N–H and O–H groups in total. The molecular formula is C11H16BrClN2. The van der Waals surface area contributed by atoms with E-state index in [0.29, 0.717) is 0 Å². The van der Waals surface area contributed by atoms with Crippen molar-refractivity contribution in [3.63, 3.8) is 0 Å². The van der Waals surface area contributed by atoms with E-state index in [2.05, 4.69) is 27.3 Å². The van der Waals surface area contributed by atoms with Gasteiger partial charge in [-0.1, -0.05) is 17.7 Å². The maximum atomic E-state index is 5.99. The number of nitrogens with two attached hydrogens (primary N) is 1. The number of halogens is 2. The van der Waals surface area contributed by atoms with E-state index in [0.717, 1.165) is 42.0 Å². The van der Waals surface area contributed by atoms with Crippen molar-refractivity contribution in [1.82, 2.24) is 5.32 Å². The van der Waals surface area contributed by atoms with E-state index in [1.807, 2.05) is 12.1 Å². The first kappa shape index (κ1) is 13.0. The van der Waals surface area contributed by atoms with Crippen LogP contribution in [0.3, 0.4) is 0 Å². The minimum Gasteiger partial charge on any atom is -0.330 e. The molecule has 0 aliphatic carbocycles. The molecule has 0 spiro atoms. The summed E-state index contributed by atoms with van der Waals surface area (Å²) in [6, 6.07) is 6.01. The van der Waals surface area contributed by atoms with Crippen LogP contribution in [0.4, 0.5) is 0 Å². The second kappa shape index (κ2) is 7.23. The van der Waals surface area contributed by atoms with Crippen molar-refractivity contribution in [3.8, 4) is 0 Å². The smallest absolute Gasteiger partial charge is 0.0551 e. The van der Waals surface area contributed by atoms with Crippen LogP contribution in [0.25, 0.3) is 0 Å². The van der Waals surface area contributed by atoms with Gasteiger partial charge in [0.15, 0.2) is 0 Å². The van der Waals surface area contributed by atoms with Crippen molar-refractivity contribution >= 4 is 27.5 Å². The van der Waals surface area contributed by atoms with Crippen molar-refractivity contribution < 1.29 is 0 Å². The van der Waals surface area contributed by atoms with E-state index in [1.54, 1.807) is 0 Å².